The summed E-state index contributed by atoms with van der Waals surface area (Å²) in [5.74, 6) is 1.50. The van der Waals surface area contributed by atoms with Crippen molar-refractivity contribution in [1.82, 2.24) is 0 Å². The highest BCUT2D eigenvalue weighted by Gasteiger charge is 2.30. The molecule has 0 aliphatic carbocycles. The van der Waals surface area contributed by atoms with Gasteiger partial charge in [-0.25, -0.2) is 9.79 Å². The lowest BCUT2D eigenvalue weighted by Crippen LogP contribution is -2.39. The van der Waals surface area contributed by atoms with Gasteiger partial charge in [-0.1, -0.05) is 42.0 Å². The Labute approximate surface area is 209 Å². The topological polar surface area (TPSA) is 95.5 Å². The van der Waals surface area contributed by atoms with E-state index in [-0.39, 0.29) is 0 Å². The molecular weight excluding hydrogens is 442 g/mol. The monoisotopic (exact) mass is 481 g/mol. The number of aryl methyl sites for hydroxylation is 2. The molecule has 0 radical (unpaired) electrons. The van der Waals surface area contributed by atoms with E-state index in [0.29, 0.717) is 44.2 Å². The van der Waals surface area contributed by atoms with Gasteiger partial charge >= 0.3 is 5.97 Å². The summed E-state index contributed by atoms with van der Waals surface area (Å²) >= 11 is 0. The van der Waals surface area contributed by atoms with Gasteiger partial charge in [0.05, 0.1) is 20.3 Å². The van der Waals surface area contributed by atoms with Crippen molar-refractivity contribution >= 4 is 17.6 Å². The molecule has 0 spiro atoms. The van der Waals surface area contributed by atoms with E-state index in [1.807, 2.05) is 31.2 Å². The number of hydrogen-bond donors (Lipinski definition) is 1. The number of nitrogens with two attached hydrogens (primary N) is 1. The van der Waals surface area contributed by atoms with Crippen molar-refractivity contribution in [3.05, 3.63) is 65.2 Å². The van der Waals surface area contributed by atoms with Crippen LogP contribution in [0, 0.1) is 6.92 Å². The van der Waals surface area contributed by atoms with Crippen LogP contribution in [0.25, 0.3) is 0 Å². The van der Waals surface area contributed by atoms with Crippen LogP contribution in [0.3, 0.4) is 0 Å². The first-order valence-corrected chi connectivity index (χ1v) is 12.1. The average Bonchev–Trinajstić information content (AvgIpc) is 2.83. The number of ether oxygens (including phenoxy) is 3. The minimum absolute atomic E-state index is 0.417. The minimum Gasteiger partial charge on any atom is -0.476 e. The maximum absolute atomic E-state index is 11.8. The largest absolute Gasteiger partial charge is 0.476 e. The third kappa shape index (κ3) is 10.3. The summed E-state index contributed by atoms with van der Waals surface area (Å²) in [6, 6.07) is 16.1. The zero-order valence-corrected chi connectivity index (χ0v) is 21.7. The molecule has 0 aromatic heterocycles. The first kappa shape index (κ1) is 28.1. The minimum atomic E-state index is -1.04. The summed E-state index contributed by atoms with van der Waals surface area (Å²) in [6.07, 6.45) is 3.02. The Morgan fingerprint density at radius 2 is 1.69 bits per heavy atom. The number of esters is 1. The second-order valence-corrected chi connectivity index (χ2v) is 8.86. The predicted molar refractivity (Wildman–Crippen MR) is 141 cm³/mol. The Balaban J connectivity index is 1.93. The van der Waals surface area contributed by atoms with Crippen LogP contribution in [0.2, 0.25) is 0 Å². The fraction of sp³-hybridized carbons (Fsp3) is 0.464. The fourth-order valence-corrected chi connectivity index (χ4v) is 3.40. The van der Waals surface area contributed by atoms with E-state index in [1.54, 1.807) is 13.8 Å². The van der Waals surface area contributed by atoms with Crippen molar-refractivity contribution in [2.24, 2.45) is 15.7 Å². The quantitative estimate of drug-likeness (QED) is 0.194. The lowest BCUT2D eigenvalue weighted by Gasteiger charge is -2.23. The van der Waals surface area contributed by atoms with E-state index < -0.39 is 11.6 Å². The van der Waals surface area contributed by atoms with E-state index in [9.17, 15) is 4.79 Å². The number of benzene rings is 2. The zero-order chi connectivity index (χ0) is 25.7. The van der Waals surface area contributed by atoms with Gasteiger partial charge in [0.2, 0.25) is 0 Å². The smallest absolute Gasteiger partial charge is 0.349 e. The number of methoxy groups -OCH3 is 1. The first-order chi connectivity index (χ1) is 16.7. The van der Waals surface area contributed by atoms with Gasteiger partial charge in [0.1, 0.15) is 17.4 Å². The second-order valence-electron chi connectivity index (χ2n) is 8.86. The van der Waals surface area contributed by atoms with Crippen molar-refractivity contribution in [3.63, 3.8) is 0 Å². The summed E-state index contributed by atoms with van der Waals surface area (Å²) in [6.45, 7) is 9.21. The predicted octanol–water partition coefficient (Wildman–Crippen LogP) is 4.68. The zero-order valence-electron chi connectivity index (χ0n) is 21.7. The molecule has 2 aromatic rings. The first-order valence-electron chi connectivity index (χ1n) is 12.1. The Hall–Kier alpha value is -3.19. The molecule has 2 rings (SSSR count). The fourth-order valence-electron chi connectivity index (χ4n) is 3.40. The molecule has 7 heteroatoms. The van der Waals surface area contributed by atoms with Crippen molar-refractivity contribution in [2.75, 3.05) is 26.9 Å². The summed E-state index contributed by atoms with van der Waals surface area (Å²) in [5, 5.41) is 0. The average molecular weight is 482 g/mol. The standard InChI is InChI=1S/C28H39N3O4/c1-6-34-19-18-30-26(20-23-12-10-21(2)11-13-23)31-25(29)9-7-8-22-14-16-24(17-15-22)35-28(3,4)27(32)33-5/h10-17H,6-9,18-20H2,1-5H3,(H2,29,30,31). The summed E-state index contributed by atoms with van der Waals surface area (Å²) in [5.41, 5.74) is 8.75. The van der Waals surface area contributed by atoms with Gasteiger partial charge in [0.15, 0.2) is 5.60 Å². The van der Waals surface area contributed by atoms with Crippen molar-refractivity contribution in [3.8, 4) is 5.75 Å². The van der Waals surface area contributed by atoms with Crippen LogP contribution in [0.1, 0.15) is 50.3 Å². The maximum atomic E-state index is 11.8. The van der Waals surface area contributed by atoms with Gasteiger partial charge in [-0.3, -0.25) is 4.99 Å². The van der Waals surface area contributed by atoms with Gasteiger partial charge in [-0.05, 0) is 63.8 Å². The van der Waals surface area contributed by atoms with Gasteiger partial charge < -0.3 is 19.9 Å². The molecule has 0 saturated heterocycles. The van der Waals surface area contributed by atoms with E-state index in [1.165, 1.54) is 12.7 Å². The Bertz CT molecular complexity index is 980. The molecule has 0 aliphatic heterocycles. The van der Waals surface area contributed by atoms with Crippen LogP contribution >= 0.6 is 0 Å². The number of aliphatic imine (C=N–C) groups is 2. The molecule has 0 bridgehead atoms. The molecule has 0 amide bonds. The van der Waals surface area contributed by atoms with Gasteiger partial charge in [0.25, 0.3) is 0 Å². The molecule has 0 atom stereocenters. The summed E-state index contributed by atoms with van der Waals surface area (Å²) in [4.78, 5) is 21.1. The lowest BCUT2D eigenvalue weighted by atomic mass is 10.1. The number of nitrogens with zero attached hydrogens (tertiary/aromatic N) is 2. The number of rotatable bonds is 13. The number of carbonyl (C=O) groups excluding carboxylic acids is 1. The highest BCUT2D eigenvalue weighted by molar-refractivity contribution is 5.97. The SMILES string of the molecule is CCOCCN=C(Cc1ccc(C)cc1)N=C(N)CCCc1ccc(OC(C)(C)C(=O)OC)cc1. The van der Waals surface area contributed by atoms with Crippen LogP contribution in [-0.2, 0) is 27.1 Å². The number of carbonyl (C=O) groups is 1. The van der Waals surface area contributed by atoms with Gasteiger partial charge in [0, 0.05) is 19.4 Å². The highest BCUT2D eigenvalue weighted by atomic mass is 16.6. The second kappa shape index (κ2) is 14.3. The Morgan fingerprint density at radius 1 is 1.03 bits per heavy atom. The maximum Gasteiger partial charge on any atom is 0.349 e. The molecular formula is C28H39N3O4. The van der Waals surface area contributed by atoms with Crippen LogP contribution in [0.4, 0.5) is 0 Å². The lowest BCUT2D eigenvalue weighted by molar-refractivity contribution is -0.156. The highest BCUT2D eigenvalue weighted by Crippen LogP contribution is 2.20. The van der Waals surface area contributed by atoms with Crippen molar-refractivity contribution < 1.29 is 19.0 Å². The number of hydrogen-bond acceptors (Lipinski definition) is 5. The summed E-state index contributed by atoms with van der Waals surface area (Å²) in [7, 11) is 1.35. The normalized spacial score (nSPS) is 12.5. The van der Waals surface area contributed by atoms with Crippen LogP contribution in [-0.4, -0.2) is 50.1 Å². The number of amidine groups is 2. The third-order valence-electron chi connectivity index (χ3n) is 5.36. The van der Waals surface area contributed by atoms with Gasteiger partial charge in [-0.2, -0.15) is 0 Å². The van der Waals surface area contributed by atoms with Crippen molar-refractivity contribution in [2.45, 2.75) is 59.0 Å². The Kier molecular flexibility index (Phi) is 11.4. The van der Waals surface area contributed by atoms with Gasteiger partial charge in [-0.15, -0.1) is 0 Å². The molecule has 0 unspecified atom stereocenters. The molecule has 2 aromatic carbocycles. The Morgan fingerprint density at radius 3 is 2.31 bits per heavy atom. The van der Waals surface area contributed by atoms with Crippen LogP contribution in [0.5, 0.6) is 5.75 Å². The molecule has 0 saturated carbocycles. The molecule has 190 valence electrons. The van der Waals surface area contributed by atoms with E-state index >= 15 is 0 Å². The molecule has 0 heterocycles. The molecule has 7 nitrogen and oxygen atoms in total. The molecule has 2 N–H and O–H groups in total. The molecule has 0 aliphatic rings. The summed E-state index contributed by atoms with van der Waals surface area (Å²) < 4.78 is 15.9. The molecule has 0 fully saturated rings. The van der Waals surface area contributed by atoms with Crippen LogP contribution in [0.15, 0.2) is 58.5 Å². The molecule has 35 heavy (non-hydrogen) atoms. The van der Waals surface area contributed by atoms with Crippen molar-refractivity contribution in [1.29, 1.82) is 0 Å². The van der Waals surface area contributed by atoms with E-state index in [4.69, 9.17) is 19.9 Å². The van der Waals surface area contributed by atoms with Crippen LogP contribution < -0.4 is 10.5 Å². The third-order valence-corrected chi connectivity index (χ3v) is 5.36. The van der Waals surface area contributed by atoms with E-state index in [0.717, 1.165) is 29.8 Å². The van der Waals surface area contributed by atoms with E-state index in [2.05, 4.69) is 41.2 Å².